The monoisotopic (exact) mass is 334 g/mol. The predicted molar refractivity (Wildman–Crippen MR) is 89.7 cm³/mol. The van der Waals surface area contributed by atoms with Gasteiger partial charge in [-0.15, -0.1) is 10.2 Å². The normalized spacial score (nSPS) is 12.2. The molecule has 2 aromatic heterocycles. The number of hydrogen-bond donors (Lipinski definition) is 1. The number of para-hydroxylation sites is 1. The molecule has 0 amide bonds. The van der Waals surface area contributed by atoms with Gasteiger partial charge in [-0.3, -0.25) is 5.10 Å². The smallest absolute Gasteiger partial charge is 0.360 e. The van der Waals surface area contributed by atoms with E-state index in [1.165, 1.54) is 0 Å². The van der Waals surface area contributed by atoms with Crippen LogP contribution in [0.25, 0.3) is 22.4 Å². The number of hydrogen-bond acceptors (Lipinski definition) is 6. The molecule has 25 heavy (non-hydrogen) atoms. The van der Waals surface area contributed by atoms with Crippen LogP contribution < -0.4 is 0 Å². The molecule has 0 saturated heterocycles. The van der Waals surface area contributed by atoms with Crippen molar-refractivity contribution in [3.63, 3.8) is 0 Å². The summed E-state index contributed by atoms with van der Waals surface area (Å²) in [5.74, 6) is 0.0557. The Morgan fingerprint density at radius 2 is 1.84 bits per heavy atom. The minimum absolute atomic E-state index is 0.227. The third-order valence-corrected chi connectivity index (χ3v) is 3.76. The highest BCUT2D eigenvalue weighted by molar-refractivity contribution is 6.01. The standard InChI is InChI=1S/C18H14N4O3/c1-11(16-21-22-17(25-16)12-7-3-2-4-8-12)24-18(23)15-13-9-5-6-10-14(13)19-20-15/h2-11H,1H3,(H,19,20)/t11-/m0/s1. The molecular weight excluding hydrogens is 320 g/mol. The maximum atomic E-state index is 12.4. The van der Waals surface area contributed by atoms with Gasteiger partial charge < -0.3 is 9.15 Å². The largest absolute Gasteiger partial charge is 0.448 e. The number of carbonyl (C=O) groups is 1. The lowest BCUT2D eigenvalue weighted by Crippen LogP contribution is -2.10. The number of ether oxygens (including phenoxy) is 1. The Labute approximate surface area is 142 Å². The fourth-order valence-electron chi connectivity index (χ4n) is 2.48. The molecule has 7 heteroatoms. The predicted octanol–water partition coefficient (Wildman–Crippen LogP) is 3.53. The van der Waals surface area contributed by atoms with E-state index in [1.54, 1.807) is 13.0 Å². The molecule has 0 fully saturated rings. The molecule has 4 rings (SSSR count). The molecule has 1 N–H and O–H groups in total. The zero-order valence-electron chi connectivity index (χ0n) is 13.3. The summed E-state index contributed by atoms with van der Waals surface area (Å²) in [6.45, 7) is 1.68. The Morgan fingerprint density at radius 3 is 2.68 bits per heavy atom. The lowest BCUT2D eigenvalue weighted by molar-refractivity contribution is 0.0275. The third kappa shape index (κ3) is 2.87. The lowest BCUT2D eigenvalue weighted by atomic mass is 10.2. The summed E-state index contributed by atoms with van der Waals surface area (Å²) in [5, 5.41) is 15.5. The van der Waals surface area contributed by atoms with Crippen molar-refractivity contribution >= 4 is 16.9 Å². The molecule has 0 aliphatic carbocycles. The van der Waals surface area contributed by atoms with Crippen LogP contribution in [0.4, 0.5) is 0 Å². The van der Waals surface area contributed by atoms with Crippen LogP contribution in [0.15, 0.2) is 59.0 Å². The van der Waals surface area contributed by atoms with Gasteiger partial charge in [0, 0.05) is 10.9 Å². The number of aromatic amines is 1. The van der Waals surface area contributed by atoms with Crippen molar-refractivity contribution in [2.45, 2.75) is 13.0 Å². The Balaban J connectivity index is 1.53. The minimum atomic E-state index is -0.687. The number of rotatable bonds is 4. The Hall–Kier alpha value is -3.48. The summed E-state index contributed by atoms with van der Waals surface area (Å²) in [6.07, 6.45) is -0.687. The molecule has 2 aromatic carbocycles. The molecule has 4 aromatic rings. The Bertz CT molecular complexity index is 1020. The Morgan fingerprint density at radius 1 is 1.08 bits per heavy atom. The second-order valence-corrected chi connectivity index (χ2v) is 5.48. The van der Waals surface area contributed by atoms with Gasteiger partial charge in [0.25, 0.3) is 5.89 Å². The highest BCUT2D eigenvalue weighted by Crippen LogP contribution is 2.24. The third-order valence-electron chi connectivity index (χ3n) is 3.76. The van der Waals surface area contributed by atoms with E-state index < -0.39 is 12.1 Å². The first kappa shape index (κ1) is 15.1. The number of carbonyl (C=O) groups excluding carboxylic acids is 1. The van der Waals surface area contributed by atoms with Gasteiger partial charge in [-0.2, -0.15) is 5.10 Å². The van der Waals surface area contributed by atoms with Crippen molar-refractivity contribution in [1.82, 2.24) is 20.4 Å². The van der Waals surface area contributed by atoms with E-state index in [0.29, 0.717) is 11.3 Å². The van der Waals surface area contributed by atoms with Gasteiger partial charge in [0.05, 0.1) is 5.52 Å². The number of aromatic nitrogens is 4. The fourth-order valence-corrected chi connectivity index (χ4v) is 2.48. The first-order chi connectivity index (χ1) is 12.2. The molecule has 0 aliphatic rings. The van der Waals surface area contributed by atoms with Crippen LogP contribution in [0.2, 0.25) is 0 Å². The summed E-state index contributed by atoms with van der Waals surface area (Å²) in [7, 11) is 0. The van der Waals surface area contributed by atoms with Crippen molar-refractivity contribution in [2.75, 3.05) is 0 Å². The summed E-state index contributed by atoms with van der Waals surface area (Å²) in [5.41, 5.74) is 1.80. The molecule has 0 aliphatic heterocycles. The van der Waals surface area contributed by atoms with Crippen LogP contribution in [0.1, 0.15) is 29.4 Å². The number of fused-ring (bicyclic) bond motifs is 1. The summed E-state index contributed by atoms with van der Waals surface area (Å²) < 4.78 is 11.0. The fraction of sp³-hybridized carbons (Fsp3) is 0.111. The van der Waals surface area contributed by atoms with E-state index >= 15 is 0 Å². The average Bonchev–Trinajstić information content (AvgIpc) is 3.30. The van der Waals surface area contributed by atoms with Crippen LogP contribution >= 0.6 is 0 Å². The second kappa shape index (κ2) is 6.20. The van der Waals surface area contributed by atoms with Gasteiger partial charge in [-0.05, 0) is 25.1 Å². The molecule has 0 bridgehead atoms. The zero-order chi connectivity index (χ0) is 17.2. The summed E-state index contributed by atoms with van der Waals surface area (Å²) in [6, 6.07) is 16.7. The van der Waals surface area contributed by atoms with E-state index in [0.717, 1.165) is 11.1 Å². The summed E-state index contributed by atoms with van der Waals surface area (Å²) >= 11 is 0. The summed E-state index contributed by atoms with van der Waals surface area (Å²) in [4.78, 5) is 12.4. The van der Waals surface area contributed by atoms with Crippen molar-refractivity contribution in [3.8, 4) is 11.5 Å². The van der Waals surface area contributed by atoms with E-state index in [2.05, 4.69) is 20.4 Å². The molecule has 0 unspecified atom stereocenters. The van der Waals surface area contributed by atoms with E-state index in [1.807, 2.05) is 48.5 Å². The number of nitrogens with one attached hydrogen (secondary N) is 1. The minimum Gasteiger partial charge on any atom is -0.448 e. The van der Waals surface area contributed by atoms with Gasteiger partial charge in [0.1, 0.15) is 0 Å². The molecule has 1 atom stereocenters. The van der Waals surface area contributed by atoms with E-state index in [4.69, 9.17) is 9.15 Å². The van der Waals surface area contributed by atoms with Gasteiger partial charge in [0.2, 0.25) is 5.89 Å². The van der Waals surface area contributed by atoms with Crippen molar-refractivity contribution in [1.29, 1.82) is 0 Å². The first-order valence-electron chi connectivity index (χ1n) is 7.75. The van der Waals surface area contributed by atoms with Crippen LogP contribution in [0.3, 0.4) is 0 Å². The molecule has 0 spiro atoms. The van der Waals surface area contributed by atoms with E-state index in [-0.39, 0.29) is 11.6 Å². The van der Waals surface area contributed by atoms with Gasteiger partial charge >= 0.3 is 5.97 Å². The maximum Gasteiger partial charge on any atom is 0.360 e. The quantitative estimate of drug-likeness (QED) is 0.574. The molecule has 0 radical (unpaired) electrons. The molecule has 2 heterocycles. The molecule has 124 valence electrons. The van der Waals surface area contributed by atoms with Crippen LogP contribution in [0, 0.1) is 0 Å². The van der Waals surface area contributed by atoms with Crippen LogP contribution in [-0.4, -0.2) is 26.4 Å². The van der Waals surface area contributed by atoms with Crippen LogP contribution in [-0.2, 0) is 4.74 Å². The SMILES string of the molecule is C[C@H](OC(=O)c1n[nH]c2ccccc12)c1nnc(-c2ccccc2)o1. The van der Waals surface area contributed by atoms with Gasteiger partial charge in [-0.1, -0.05) is 36.4 Å². The number of esters is 1. The lowest BCUT2D eigenvalue weighted by Gasteiger charge is -2.07. The van der Waals surface area contributed by atoms with Crippen molar-refractivity contribution in [2.24, 2.45) is 0 Å². The number of benzene rings is 2. The second-order valence-electron chi connectivity index (χ2n) is 5.48. The van der Waals surface area contributed by atoms with Crippen molar-refractivity contribution < 1.29 is 13.9 Å². The topological polar surface area (TPSA) is 93.9 Å². The molecular formula is C18H14N4O3. The highest BCUT2D eigenvalue weighted by atomic mass is 16.6. The van der Waals surface area contributed by atoms with E-state index in [9.17, 15) is 4.79 Å². The Kier molecular flexibility index (Phi) is 3.74. The van der Waals surface area contributed by atoms with Gasteiger partial charge in [0.15, 0.2) is 11.8 Å². The average molecular weight is 334 g/mol. The molecule has 7 nitrogen and oxygen atoms in total. The van der Waals surface area contributed by atoms with Gasteiger partial charge in [-0.25, -0.2) is 4.79 Å². The van der Waals surface area contributed by atoms with Crippen LogP contribution in [0.5, 0.6) is 0 Å². The zero-order valence-corrected chi connectivity index (χ0v) is 13.3. The number of nitrogens with zero attached hydrogens (tertiary/aromatic N) is 3. The first-order valence-corrected chi connectivity index (χ1v) is 7.75. The molecule has 0 saturated carbocycles. The van der Waals surface area contributed by atoms with Crippen molar-refractivity contribution in [3.05, 3.63) is 66.2 Å². The number of H-pyrrole nitrogens is 1. The maximum absolute atomic E-state index is 12.4. The highest BCUT2D eigenvalue weighted by Gasteiger charge is 2.22.